The summed E-state index contributed by atoms with van der Waals surface area (Å²) >= 11 is 0. The molecule has 1 saturated heterocycles. The van der Waals surface area contributed by atoms with Gasteiger partial charge in [-0.05, 0) is 48.2 Å². The van der Waals surface area contributed by atoms with Gasteiger partial charge < -0.3 is 24.1 Å². The molecule has 0 bridgehead atoms. The lowest BCUT2D eigenvalue weighted by molar-refractivity contribution is -0.142. The molecular weight excluding hydrogens is 374 g/mol. The molecule has 3 rings (SSSR count). The maximum Gasteiger partial charge on any atom is 0.320 e. The van der Waals surface area contributed by atoms with Gasteiger partial charge in [0, 0.05) is 6.54 Å². The fourth-order valence-electron chi connectivity index (χ4n) is 4.01. The van der Waals surface area contributed by atoms with E-state index in [1.165, 1.54) is 0 Å². The summed E-state index contributed by atoms with van der Waals surface area (Å²) in [6, 6.07) is 10.6. The Bertz CT molecular complexity index is 843. The maximum absolute atomic E-state index is 11.9. The highest BCUT2D eigenvalue weighted by Crippen LogP contribution is 2.44. The van der Waals surface area contributed by atoms with Crippen molar-refractivity contribution in [2.75, 3.05) is 35.0 Å². The van der Waals surface area contributed by atoms with Crippen LogP contribution < -0.4 is 18.9 Å². The van der Waals surface area contributed by atoms with Crippen LogP contribution in [-0.4, -0.2) is 57.0 Å². The predicted octanol–water partition coefficient (Wildman–Crippen LogP) is 3.36. The third-order valence-electron chi connectivity index (χ3n) is 5.32. The largest absolute Gasteiger partial charge is 0.497 e. The van der Waals surface area contributed by atoms with E-state index in [0.29, 0.717) is 36.0 Å². The molecule has 1 heterocycles. The summed E-state index contributed by atoms with van der Waals surface area (Å²) in [4.78, 5) is 13.9. The van der Waals surface area contributed by atoms with Crippen LogP contribution in [0.4, 0.5) is 0 Å². The van der Waals surface area contributed by atoms with Crippen molar-refractivity contribution >= 4 is 5.97 Å². The van der Waals surface area contributed by atoms with Crippen molar-refractivity contribution < 1.29 is 28.8 Å². The molecular formula is C22H27NO6. The number of rotatable bonds is 8. The van der Waals surface area contributed by atoms with Crippen LogP contribution in [0.1, 0.15) is 30.0 Å². The lowest BCUT2D eigenvalue weighted by atomic mass is 9.95. The number of hydrogen-bond acceptors (Lipinski definition) is 6. The zero-order valence-electron chi connectivity index (χ0n) is 17.2. The van der Waals surface area contributed by atoms with E-state index in [1.54, 1.807) is 28.4 Å². The van der Waals surface area contributed by atoms with E-state index in [4.69, 9.17) is 18.9 Å². The van der Waals surface area contributed by atoms with Crippen molar-refractivity contribution in [3.63, 3.8) is 0 Å². The molecule has 1 N–H and O–H groups in total. The molecule has 2 atom stereocenters. The van der Waals surface area contributed by atoms with Crippen molar-refractivity contribution in [2.45, 2.75) is 24.9 Å². The highest BCUT2D eigenvalue weighted by molar-refractivity contribution is 5.74. The molecule has 2 aromatic carbocycles. The minimum Gasteiger partial charge on any atom is -0.497 e. The smallest absolute Gasteiger partial charge is 0.320 e. The summed E-state index contributed by atoms with van der Waals surface area (Å²) in [5, 5.41) is 9.78. The van der Waals surface area contributed by atoms with Crippen LogP contribution in [-0.2, 0) is 4.79 Å². The molecule has 0 saturated carbocycles. The number of likely N-dealkylation sites (tertiary alicyclic amines) is 1. The molecule has 156 valence electrons. The van der Waals surface area contributed by atoms with Crippen molar-refractivity contribution in [1.29, 1.82) is 0 Å². The Hall–Kier alpha value is -2.93. The first-order chi connectivity index (χ1) is 14.0. The Kier molecular flexibility index (Phi) is 6.49. The average molecular weight is 401 g/mol. The molecule has 1 aliphatic heterocycles. The van der Waals surface area contributed by atoms with E-state index < -0.39 is 12.0 Å². The van der Waals surface area contributed by atoms with Gasteiger partial charge in [0.05, 0.1) is 34.5 Å². The lowest BCUT2D eigenvalue weighted by Crippen LogP contribution is -2.39. The van der Waals surface area contributed by atoms with Gasteiger partial charge in [-0.3, -0.25) is 9.69 Å². The molecule has 0 radical (unpaired) electrons. The highest BCUT2D eigenvalue weighted by atomic mass is 16.5. The monoisotopic (exact) mass is 401 g/mol. The summed E-state index contributed by atoms with van der Waals surface area (Å²) in [6.45, 7) is 0.676. The Morgan fingerprint density at radius 1 is 1.00 bits per heavy atom. The first-order valence-electron chi connectivity index (χ1n) is 9.46. The van der Waals surface area contributed by atoms with Gasteiger partial charge in [-0.2, -0.15) is 0 Å². The number of methoxy groups -OCH3 is 4. The van der Waals surface area contributed by atoms with Gasteiger partial charge in [0.1, 0.15) is 11.8 Å². The Labute approximate surface area is 170 Å². The zero-order valence-corrected chi connectivity index (χ0v) is 17.2. The number of benzene rings is 2. The Morgan fingerprint density at radius 2 is 1.69 bits per heavy atom. The van der Waals surface area contributed by atoms with Crippen LogP contribution in [0.3, 0.4) is 0 Å². The molecule has 1 fully saturated rings. The van der Waals surface area contributed by atoms with E-state index in [2.05, 4.69) is 0 Å². The van der Waals surface area contributed by atoms with Crippen LogP contribution in [0, 0.1) is 0 Å². The van der Waals surface area contributed by atoms with Crippen LogP contribution >= 0.6 is 0 Å². The fourth-order valence-corrected chi connectivity index (χ4v) is 4.01. The third-order valence-corrected chi connectivity index (χ3v) is 5.32. The van der Waals surface area contributed by atoms with E-state index in [-0.39, 0.29) is 6.04 Å². The Balaban J connectivity index is 2.19. The predicted molar refractivity (Wildman–Crippen MR) is 108 cm³/mol. The molecule has 7 nitrogen and oxygen atoms in total. The highest BCUT2D eigenvalue weighted by Gasteiger charge is 2.37. The first kappa shape index (κ1) is 20.8. The molecule has 0 aliphatic carbocycles. The number of nitrogens with zero attached hydrogens (tertiary/aromatic N) is 1. The average Bonchev–Trinajstić information content (AvgIpc) is 3.23. The van der Waals surface area contributed by atoms with Crippen LogP contribution in [0.5, 0.6) is 23.0 Å². The molecule has 0 spiro atoms. The minimum atomic E-state index is -0.817. The number of ether oxygens (including phenoxy) is 4. The lowest BCUT2D eigenvalue weighted by Gasteiger charge is -2.32. The van der Waals surface area contributed by atoms with E-state index in [1.807, 2.05) is 41.3 Å². The second kappa shape index (κ2) is 9.05. The molecule has 2 aromatic rings. The molecule has 0 amide bonds. The first-order valence-corrected chi connectivity index (χ1v) is 9.46. The van der Waals surface area contributed by atoms with Gasteiger partial charge >= 0.3 is 5.97 Å². The topological polar surface area (TPSA) is 77.5 Å². The summed E-state index contributed by atoms with van der Waals surface area (Å²) in [6.07, 6.45) is 1.43. The van der Waals surface area contributed by atoms with Crippen molar-refractivity contribution in [1.82, 2.24) is 4.90 Å². The molecule has 1 aliphatic rings. The normalized spacial score (nSPS) is 17.6. The standard InChI is InChI=1S/C22H27NO6/c1-26-16-8-5-7-14(11-16)20(23-10-6-9-17(23)22(24)25)15-12-18(27-2)21(29-4)19(13-15)28-3/h5,7-8,11-13,17,20H,6,9-10H2,1-4H3,(H,24,25). The zero-order chi connectivity index (χ0) is 21.0. The Morgan fingerprint density at radius 3 is 2.24 bits per heavy atom. The van der Waals surface area contributed by atoms with E-state index in [9.17, 15) is 9.90 Å². The fraction of sp³-hybridized carbons (Fsp3) is 0.409. The number of carbonyl (C=O) groups is 1. The van der Waals surface area contributed by atoms with Gasteiger partial charge in [0.2, 0.25) is 5.75 Å². The van der Waals surface area contributed by atoms with Gasteiger partial charge in [0.15, 0.2) is 11.5 Å². The summed E-state index contributed by atoms with van der Waals surface area (Å²) in [5.74, 6) is 1.45. The van der Waals surface area contributed by atoms with Gasteiger partial charge in [-0.1, -0.05) is 12.1 Å². The SMILES string of the molecule is COc1cccc(C(c2cc(OC)c(OC)c(OC)c2)N2CCCC2C(=O)O)c1. The van der Waals surface area contributed by atoms with Crippen molar-refractivity contribution in [3.8, 4) is 23.0 Å². The van der Waals surface area contributed by atoms with Gasteiger partial charge in [-0.25, -0.2) is 0 Å². The molecule has 0 aromatic heterocycles. The number of hydrogen-bond donors (Lipinski definition) is 1. The molecule has 29 heavy (non-hydrogen) atoms. The van der Waals surface area contributed by atoms with E-state index in [0.717, 1.165) is 17.5 Å². The second-order valence-electron chi connectivity index (χ2n) is 6.87. The van der Waals surface area contributed by atoms with E-state index >= 15 is 0 Å². The molecule has 7 heteroatoms. The third kappa shape index (κ3) is 4.10. The van der Waals surface area contributed by atoms with Crippen molar-refractivity contribution in [3.05, 3.63) is 47.5 Å². The number of carboxylic acid groups (broad SMARTS) is 1. The maximum atomic E-state index is 11.9. The minimum absolute atomic E-state index is 0.303. The quantitative estimate of drug-likeness (QED) is 0.727. The van der Waals surface area contributed by atoms with Gasteiger partial charge in [-0.15, -0.1) is 0 Å². The van der Waals surface area contributed by atoms with Crippen molar-refractivity contribution in [2.24, 2.45) is 0 Å². The summed E-state index contributed by atoms with van der Waals surface area (Å²) in [7, 11) is 6.30. The van der Waals surface area contributed by atoms with Crippen LogP contribution in [0.15, 0.2) is 36.4 Å². The second-order valence-corrected chi connectivity index (χ2v) is 6.87. The van der Waals surface area contributed by atoms with Crippen LogP contribution in [0.25, 0.3) is 0 Å². The van der Waals surface area contributed by atoms with Crippen LogP contribution in [0.2, 0.25) is 0 Å². The van der Waals surface area contributed by atoms with Gasteiger partial charge in [0.25, 0.3) is 0 Å². The number of aliphatic carboxylic acids is 1. The summed E-state index contributed by atoms with van der Waals surface area (Å²) in [5.41, 5.74) is 1.80. The molecule has 2 unspecified atom stereocenters. The summed E-state index contributed by atoms with van der Waals surface area (Å²) < 4.78 is 21.9. The number of carboxylic acids is 1.